The molecule has 2 rings (SSSR count). The van der Waals surface area contributed by atoms with Gasteiger partial charge in [-0.3, -0.25) is 4.79 Å². The molecule has 2 aromatic carbocycles. The molecule has 0 radical (unpaired) electrons. The Kier molecular flexibility index (Phi) is 6.47. The van der Waals surface area contributed by atoms with Gasteiger partial charge in [0.25, 0.3) is 0 Å². The first kappa shape index (κ1) is 19.3. The lowest BCUT2D eigenvalue weighted by molar-refractivity contribution is -0.117. The molecule has 0 fully saturated rings. The summed E-state index contributed by atoms with van der Waals surface area (Å²) < 4.78 is 26.8. The summed E-state index contributed by atoms with van der Waals surface area (Å²) in [6, 6.07) is 15.6. The first-order valence-corrected chi connectivity index (χ1v) is 9.54. The summed E-state index contributed by atoms with van der Waals surface area (Å²) in [7, 11) is -3.79. The Balaban J connectivity index is 2.18. The number of hydrogen-bond donors (Lipinski definition) is 1. The van der Waals surface area contributed by atoms with Gasteiger partial charge in [0.1, 0.15) is 5.78 Å². The fourth-order valence-electron chi connectivity index (χ4n) is 2.50. The molecule has 6 heteroatoms. The van der Waals surface area contributed by atoms with E-state index in [-0.39, 0.29) is 30.2 Å². The van der Waals surface area contributed by atoms with Crippen molar-refractivity contribution in [3.63, 3.8) is 0 Å². The summed E-state index contributed by atoms with van der Waals surface area (Å²) in [4.78, 5) is 11.7. The van der Waals surface area contributed by atoms with Gasteiger partial charge in [-0.25, -0.2) is 8.42 Å². The molecule has 0 aromatic heterocycles. The van der Waals surface area contributed by atoms with Crippen LogP contribution >= 0.6 is 0 Å². The highest BCUT2D eigenvalue weighted by atomic mass is 32.2. The number of aryl methyl sites for hydroxylation is 1. The predicted octanol–water partition coefficient (Wildman–Crippen LogP) is 2.70. The number of Topliss-reactive ketones (excluding diaryl/α,β-unsaturated/α-hetero) is 1. The number of nitrogens with zero attached hydrogens (tertiary/aromatic N) is 1. The Morgan fingerprint density at radius 1 is 1.08 bits per heavy atom. The van der Waals surface area contributed by atoms with E-state index in [4.69, 9.17) is 0 Å². The van der Waals surface area contributed by atoms with Crippen LogP contribution in [0.4, 0.5) is 0 Å². The van der Waals surface area contributed by atoms with Gasteiger partial charge in [0.2, 0.25) is 10.0 Å². The molecular weight excluding hydrogens is 338 g/mol. The minimum atomic E-state index is -3.79. The molecule has 5 nitrogen and oxygen atoms in total. The molecule has 0 saturated carbocycles. The zero-order valence-corrected chi connectivity index (χ0v) is 15.2. The standard InChI is InChI=1S/C19H23NO4S/c1-15-8-10-18(11-9-15)25(23,24)20(14-16(2)21)13-12-19(22)17-6-4-3-5-7-17/h3-11,19,22H,12-14H2,1-2H3. The quantitative estimate of drug-likeness (QED) is 0.784. The van der Waals surface area contributed by atoms with Gasteiger partial charge in [0.15, 0.2) is 0 Å². The van der Waals surface area contributed by atoms with Crippen molar-refractivity contribution >= 4 is 15.8 Å². The molecule has 0 heterocycles. The number of aliphatic hydroxyl groups is 1. The first-order valence-electron chi connectivity index (χ1n) is 8.10. The second kappa shape index (κ2) is 8.38. The molecule has 2 aromatic rings. The Labute approximate surface area is 149 Å². The molecule has 134 valence electrons. The van der Waals surface area contributed by atoms with E-state index in [0.29, 0.717) is 0 Å². The Hall–Kier alpha value is -2.02. The van der Waals surface area contributed by atoms with E-state index in [1.807, 2.05) is 25.1 Å². The summed E-state index contributed by atoms with van der Waals surface area (Å²) in [5, 5.41) is 10.3. The van der Waals surface area contributed by atoms with Crippen LogP contribution < -0.4 is 0 Å². The number of rotatable bonds is 8. The largest absolute Gasteiger partial charge is 0.388 e. The molecule has 0 aliphatic heterocycles. The van der Waals surface area contributed by atoms with E-state index < -0.39 is 16.1 Å². The van der Waals surface area contributed by atoms with Crippen LogP contribution in [0.15, 0.2) is 59.5 Å². The van der Waals surface area contributed by atoms with Gasteiger partial charge in [0, 0.05) is 6.54 Å². The van der Waals surface area contributed by atoms with E-state index in [1.54, 1.807) is 24.3 Å². The van der Waals surface area contributed by atoms with Crippen LogP contribution in [0.3, 0.4) is 0 Å². The van der Waals surface area contributed by atoms with Gasteiger partial charge >= 0.3 is 0 Å². The highest BCUT2D eigenvalue weighted by Gasteiger charge is 2.26. The van der Waals surface area contributed by atoms with Crippen LogP contribution in [0.2, 0.25) is 0 Å². The number of aliphatic hydroxyl groups excluding tert-OH is 1. The van der Waals surface area contributed by atoms with E-state index in [2.05, 4.69) is 0 Å². The maximum Gasteiger partial charge on any atom is 0.243 e. The third kappa shape index (κ3) is 5.22. The van der Waals surface area contributed by atoms with Gasteiger partial charge in [-0.2, -0.15) is 4.31 Å². The van der Waals surface area contributed by atoms with Crippen molar-refractivity contribution in [3.05, 3.63) is 65.7 Å². The van der Waals surface area contributed by atoms with Crippen molar-refractivity contribution in [1.82, 2.24) is 4.31 Å². The molecule has 0 aliphatic carbocycles. The monoisotopic (exact) mass is 361 g/mol. The van der Waals surface area contributed by atoms with Crippen molar-refractivity contribution < 1.29 is 18.3 Å². The predicted molar refractivity (Wildman–Crippen MR) is 96.6 cm³/mol. The van der Waals surface area contributed by atoms with Crippen molar-refractivity contribution in [3.8, 4) is 0 Å². The lowest BCUT2D eigenvalue weighted by atomic mass is 10.1. The number of carbonyl (C=O) groups is 1. The average molecular weight is 361 g/mol. The summed E-state index contributed by atoms with van der Waals surface area (Å²) in [6.45, 7) is 3.08. The number of hydrogen-bond acceptors (Lipinski definition) is 4. The molecule has 0 aliphatic rings. The number of carbonyl (C=O) groups excluding carboxylic acids is 1. The molecule has 0 saturated heterocycles. The molecule has 1 unspecified atom stereocenters. The minimum absolute atomic E-state index is 0.0614. The zero-order chi connectivity index (χ0) is 18.4. The van der Waals surface area contributed by atoms with Gasteiger partial charge in [-0.05, 0) is 38.0 Å². The van der Waals surface area contributed by atoms with Crippen molar-refractivity contribution in [2.24, 2.45) is 0 Å². The van der Waals surface area contributed by atoms with E-state index in [0.717, 1.165) is 15.4 Å². The second-order valence-electron chi connectivity index (χ2n) is 6.07. The van der Waals surface area contributed by atoms with E-state index >= 15 is 0 Å². The fraction of sp³-hybridized carbons (Fsp3) is 0.316. The number of benzene rings is 2. The maximum atomic E-state index is 12.8. The highest BCUT2D eigenvalue weighted by Crippen LogP contribution is 2.21. The van der Waals surface area contributed by atoms with E-state index in [1.165, 1.54) is 19.1 Å². The van der Waals surface area contributed by atoms with Crippen LogP contribution in [-0.2, 0) is 14.8 Å². The molecular formula is C19H23NO4S. The van der Waals surface area contributed by atoms with Gasteiger partial charge in [-0.1, -0.05) is 48.0 Å². The lowest BCUT2D eigenvalue weighted by Gasteiger charge is -2.22. The average Bonchev–Trinajstić information content (AvgIpc) is 2.59. The molecule has 1 atom stereocenters. The summed E-state index contributed by atoms with van der Waals surface area (Å²) >= 11 is 0. The Morgan fingerprint density at radius 3 is 2.24 bits per heavy atom. The maximum absolute atomic E-state index is 12.8. The SMILES string of the molecule is CC(=O)CN(CCC(O)c1ccccc1)S(=O)(=O)c1ccc(C)cc1. The third-order valence-electron chi connectivity index (χ3n) is 3.89. The van der Waals surface area contributed by atoms with Crippen LogP contribution in [0.25, 0.3) is 0 Å². The van der Waals surface area contributed by atoms with E-state index in [9.17, 15) is 18.3 Å². The summed E-state index contributed by atoms with van der Waals surface area (Å²) in [5.74, 6) is -0.245. The molecule has 0 spiro atoms. The molecule has 0 amide bonds. The summed E-state index contributed by atoms with van der Waals surface area (Å²) in [6.07, 6.45) is -0.577. The van der Waals surface area contributed by atoms with Crippen LogP contribution in [0.1, 0.15) is 30.6 Å². The van der Waals surface area contributed by atoms with Crippen LogP contribution in [0.5, 0.6) is 0 Å². The van der Waals surface area contributed by atoms with Gasteiger partial charge in [-0.15, -0.1) is 0 Å². The number of ketones is 1. The Bertz CT molecular complexity index is 801. The highest BCUT2D eigenvalue weighted by molar-refractivity contribution is 7.89. The molecule has 0 bridgehead atoms. The van der Waals surface area contributed by atoms with Crippen LogP contribution in [0, 0.1) is 6.92 Å². The smallest absolute Gasteiger partial charge is 0.243 e. The van der Waals surface area contributed by atoms with Gasteiger partial charge in [0.05, 0.1) is 17.5 Å². The second-order valence-corrected chi connectivity index (χ2v) is 8.01. The topological polar surface area (TPSA) is 74.7 Å². The van der Waals surface area contributed by atoms with Crippen molar-refractivity contribution in [1.29, 1.82) is 0 Å². The summed E-state index contributed by atoms with van der Waals surface area (Å²) in [5.41, 5.74) is 1.68. The normalized spacial score (nSPS) is 13.0. The molecule has 25 heavy (non-hydrogen) atoms. The third-order valence-corrected chi connectivity index (χ3v) is 5.75. The van der Waals surface area contributed by atoms with Crippen molar-refractivity contribution in [2.45, 2.75) is 31.3 Å². The Morgan fingerprint density at radius 2 is 1.68 bits per heavy atom. The zero-order valence-electron chi connectivity index (χ0n) is 14.4. The first-order chi connectivity index (χ1) is 11.8. The van der Waals surface area contributed by atoms with Crippen LogP contribution in [-0.4, -0.2) is 36.7 Å². The van der Waals surface area contributed by atoms with Gasteiger partial charge < -0.3 is 5.11 Å². The molecule has 1 N–H and O–H groups in total. The van der Waals surface area contributed by atoms with Crippen molar-refractivity contribution in [2.75, 3.05) is 13.1 Å². The minimum Gasteiger partial charge on any atom is -0.388 e. The lowest BCUT2D eigenvalue weighted by Crippen LogP contribution is -2.36. The fourth-order valence-corrected chi connectivity index (χ4v) is 3.98. The number of sulfonamides is 1.